The average molecular weight is 355 g/mol. The standard InChI is InChI=1S/C21H24FN2O2/c1-26-19-11-7-17(8-12-19)21(25)15-20(16-5-9-18(22)10-6-16)23-13-3-2-4-14-24(21)23/h5-12,25H,2-4,13-15H2,1H3/q+1. The van der Waals surface area contributed by atoms with E-state index < -0.39 is 5.72 Å². The molecule has 2 aliphatic rings. The maximum absolute atomic E-state index is 13.4. The second-order valence-corrected chi connectivity index (χ2v) is 6.98. The van der Waals surface area contributed by atoms with E-state index >= 15 is 0 Å². The van der Waals surface area contributed by atoms with Gasteiger partial charge in [0, 0.05) is 17.5 Å². The van der Waals surface area contributed by atoms with Crippen LogP contribution in [0.4, 0.5) is 4.39 Å². The number of hydrogen-bond donors (Lipinski definition) is 1. The van der Waals surface area contributed by atoms with E-state index in [1.165, 1.54) is 12.1 Å². The van der Waals surface area contributed by atoms with Gasteiger partial charge < -0.3 is 9.84 Å². The molecule has 2 aliphatic heterocycles. The molecule has 4 nitrogen and oxygen atoms in total. The monoisotopic (exact) mass is 355 g/mol. The fourth-order valence-electron chi connectivity index (χ4n) is 4.03. The first kappa shape index (κ1) is 17.0. The highest BCUT2D eigenvalue weighted by Crippen LogP contribution is 2.38. The molecule has 4 rings (SSSR count). The molecule has 26 heavy (non-hydrogen) atoms. The number of halogens is 1. The van der Waals surface area contributed by atoms with Crippen molar-refractivity contribution in [3.63, 3.8) is 0 Å². The molecule has 1 atom stereocenters. The van der Waals surface area contributed by atoms with Crippen LogP contribution in [-0.4, -0.2) is 40.7 Å². The molecule has 0 bridgehead atoms. The third-order valence-corrected chi connectivity index (χ3v) is 5.41. The van der Waals surface area contributed by atoms with E-state index in [0.29, 0.717) is 6.42 Å². The van der Waals surface area contributed by atoms with Gasteiger partial charge in [0.05, 0.1) is 20.1 Å². The minimum absolute atomic E-state index is 0.245. The van der Waals surface area contributed by atoms with Crippen molar-refractivity contribution < 1.29 is 18.9 Å². The summed E-state index contributed by atoms with van der Waals surface area (Å²) in [6.07, 6.45) is 3.75. The van der Waals surface area contributed by atoms with Crippen LogP contribution in [0.25, 0.3) is 0 Å². The number of hydrazone groups is 1. The topological polar surface area (TPSA) is 35.7 Å². The van der Waals surface area contributed by atoms with Crippen LogP contribution in [0, 0.1) is 5.82 Å². The Bertz CT molecular complexity index is 817. The van der Waals surface area contributed by atoms with Gasteiger partial charge in [0.1, 0.15) is 11.6 Å². The summed E-state index contributed by atoms with van der Waals surface area (Å²) in [5, 5.41) is 13.8. The number of hydrazine groups is 1. The summed E-state index contributed by atoms with van der Waals surface area (Å²) < 4.78 is 20.8. The average Bonchev–Trinajstić information content (AvgIpc) is 2.82. The Morgan fingerprint density at radius 2 is 1.77 bits per heavy atom. The smallest absolute Gasteiger partial charge is 0.225 e. The quantitative estimate of drug-likeness (QED) is 0.859. The number of benzene rings is 2. The summed E-state index contributed by atoms with van der Waals surface area (Å²) >= 11 is 0. The SMILES string of the molecule is COc1ccc(C2(O)CC(c3ccc(F)cc3)=[N+]3CCCCCN32)cc1. The summed E-state index contributed by atoms with van der Waals surface area (Å²) in [6.45, 7) is 1.67. The third-order valence-electron chi connectivity index (χ3n) is 5.41. The number of methoxy groups -OCH3 is 1. The normalized spacial score (nSPS) is 23.0. The lowest BCUT2D eigenvalue weighted by atomic mass is 9.94. The minimum Gasteiger partial charge on any atom is -0.497 e. The molecule has 1 saturated heterocycles. The van der Waals surface area contributed by atoms with Crippen molar-refractivity contribution in [3.05, 3.63) is 65.5 Å². The first-order valence-electron chi connectivity index (χ1n) is 9.15. The lowest BCUT2D eigenvalue weighted by molar-refractivity contribution is -0.706. The van der Waals surface area contributed by atoms with Crippen LogP contribution in [0.3, 0.4) is 0 Å². The van der Waals surface area contributed by atoms with Crippen molar-refractivity contribution in [2.75, 3.05) is 20.2 Å². The summed E-state index contributed by atoms with van der Waals surface area (Å²) in [6, 6.07) is 14.2. The molecule has 2 heterocycles. The molecule has 5 heteroatoms. The summed E-state index contributed by atoms with van der Waals surface area (Å²) in [4.78, 5) is 0. The molecular formula is C21H24FN2O2+. The zero-order valence-electron chi connectivity index (χ0n) is 15.0. The second-order valence-electron chi connectivity index (χ2n) is 6.98. The van der Waals surface area contributed by atoms with E-state index in [1.807, 2.05) is 24.3 Å². The van der Waals surface area contributed by atoms with Crippen LogP contribution in [-0.2, 0) is 5.72 Å². The predicted octanol–water partition coefficient (Wildman–Crippen LogP) is 3.29. The third kappa shape index (κ3) is 2.86. The van der Waals surface area contributed by atoms with Gasteiger partial charge in [0.25, 0.3) is 0 Å². The van der Waals surface area contributed by atoms with Gasteiger partial charge in [-0.2, -0.15) is 0 Å². The molecule has 1 N–H and O–H groups in total. The number of fused-ring (bicyclic) bond motifs is 1. The number of aliphatic hydroxyl groups is 1. The summed E-state index contributed by atoms with van der Waals surface area (Å²) in [5.41, 5.74) is 1.76. The largest absolute Gasteiger partial charge is 0.497 e. The van der Waals surface area contributed by atoms with Crippen LogP contribution in [0.15, 0.2) is 48.5 Å². The molecule has 0 spiro atoms. The first-order valence-corrected chi connectivity index (χ1v) is 9.15. The van der Waals surface area contributed by atoms with Gasteiger partial charge in [0.2, 0.25) is 11.4 Å². The van der Waals surface area contributed by atoms with Crippen molar-refractivity contribution in [1.82, 2.24) is 5.01 Å². The van der Waals surface area contributed by atoms with Gasteiger partial charge in [-0.15, -0.1) is 9.69 Å². The molecule has 2 aromatic carbocycles. The van der Waals surface area contributed by atoms with Gasteiger partial charge >= 0.3 is 0 Å². The maximum atomic E-state index is 13.4. The number of ether oxygens (including phenoxy) is 1. The molecule has 0 saturated carbocycles. The molecular weight excluding hydrogens is 331 g/mol. The Labute approximate surface area is 153 Å². The molecule has 0 amide bonds. The molecule has 0 aromatic heterocycles. The van der Waals surface area contributed by atoms with Gasteiger partial charge in [-0.25, -0.2) is 4.39 Å². The van der Waals surface area contributed by atoms with E-state index in [9.17, 15) is 9.50 Å². The number of rotatable bonds is 3. The highest BCUT2D eigenvalue weighted by atomic mass is 19.1. The lowest BCUT2D eigenvalue weighted by Gasteiger charge is -2.30. The fraction of sp³-hybridized carbons (Fsp3) is 0.381. The molecule has 0 aliphatic carbocycles. The summed E-state index contributed by atoms with van der Waals surface area (Å²) in [5.74, 6) is 0.524. The Morgan fingerprint density at radius 3 is 2.46 bits per heavy atom. The second kappa shape index (κ2) is 6.72. The Hall–Kier alpha value is -2.40. The zero-order chi connectivity index (χ0) is 18.1. The van der Waals surface area contributed by atoms with Crippen molar-refractivity contribution in [2.45, 2.75) is 31.4 Å². The molecule has 2 aromatic rings. The predicted molar refractivity (Wildman–Crippen MR) is 97.7 cm³/mol. The summed E-state index contributed by atoms with van der Waals surface area (Å²) in [7, 11) is 1.64. The van der Waals surface area contributed by atoms with E-state index in [4.69, 9.17) is 4.74 Å². The Morgan fingerprint density at radius 1 is 1.04 bits per heavy atom. The van der Waals surface area contributed by atoms with Crippen molar-refractivity contribution in [3.8, 4) is 5.75 Å². The highest BCUT2D eigenvalue weighted by Gasteiger charge is 2.52. The molecule has 1 fully saturated rings. The Kier molecular flexibility index (Phi) is 4.41. The van der Waals surface area contributed by atoms with Crippen LogP contribution in [0.1, 0.15) is 36.8 Å². The highest BCUT2D eigenvalue weighted by molar-refractivity contribution is 5.98. The van der Waals surface area contributed by atoms with Crippen molar-refractivity contribution >= 4 is 5.71 Å². The first-order chi connectivity index (χ1) is 12.6. The zero-order valence-corrected chi connectivity index (χ0v) is 15.0. The van der Waals surface area contributed by atoms with Crippen LogP contribution in [0.5, 0.6) is 5.75 Å². The molecule has 1 unspecified atom stereocenters. The van der Waals surface area contributed by atoms with E-state index in [0.717, 1.165) is 54.9 Å². The van der Waals surface area contributed by atoms with Crippen molar-refractivity contribution in [1.29, 1.82) is 0 Å². The van der Waals surface area contributed by atoms with Crippen LogP contribution < -0.4 is 4.74 Å². The molecule has 0 radical (unpaired) electrons. The Balaban J connectivity index is 1.77. The van der Waals surface area contributed by atoms with Gasteiger partial charge in [-0.05, 0) is 49.2 Å². The maximum Gasteiger partial charge on any atom is 0.225 e. The number of hydrogen-bond acceptors (Lipinski definition) is 3. The van der Waals surface area contributed by atoms with Crippen LogP contribution in [0.2, 0.25) is 0 Å². The minimum atomic E-state index is -1.10. The molecule has 136 valence electrons. The fourth-order valence-corrected chi connectivity index (χ4v) is 4.03. The van der Waals surface area contributed by atoms with Gasteiger partial charge in [-0.3, -0.25) is 0 Å². The van der Waals surface area contributed by atoms with E-state index in [-0.39, 0.29) is 5.82 Å². The van der Waals surface area contributed by atoms with Crippen LogP contribution >= 0.6 is 0 Å². The lowest BCUT2D eigenvalue weighted by Crippen LogP contribution is -2.46. The van der Waals surface area contributed by atoms with Gasteiger partial charge in [-0.1, -0.05) is 12.1 Å². The number of nitrogens with zero attached hydrogens (tertiary/aromatic N) is 2. The van der Waals surface area contributed by atoms with Crippen molar-refractivity contribution in [2.24, 2.45) is 0 Å². The van der Waals surface area contributed by atoms with E-state index in [2.05, 4.69) is 9.69 Å². The van der Waals surface area contributed by atoms with E-state index in [1.54, 1.807) is 19.2 Å². The van der Waals surface area contributed by atoms with Gasteiger partial charge in [0.15, 0.2) is 6.54 Å².